The summed E-state index contributed by atoms with van der Waals surface area (Å²) >= 11 is 0. The van der Waals surface area contributed by atoms with E-state index in [0.29, 0.717) is 18.6 Å². The van der Waals surface area contributed by atoms with Crippen LogP contribution >= 0.6 is 0 Å². The number of carbonyl (C=O) groups is 1. The van der Waals surface area contributed by atoms with E-state index in [1.54, 1.807) is 0 Å². The Hall–Kier alpha value is -0.610. The van der Waals surface area contributed by atoms with Gasteiger partial charge in [0.1, 0.15) is 5.54 Å². The van der Waals surface area contributed by atoms with E-state index in [4.69, 9.17) is 9.47 Å². The van der Waals surface area contributed by atoms with E-state index in [9.17, 15) is 4.79 Å². The van der Waals surface area contributed by atoms with Crippen LogP contribution < -0.4 is 5.32 Å². The Morgan fingerprint density at radius 1 is 1.35 bits per heavy atom. The molecule has 0 aromatic carbocycles. The Morgan fingerprint density at radius 3 is 2.50 bits per heavy atom. The third-order valence-corrected chi connectivity index (χ3v) is 3.76. The van der Waals surface area contributed by atoms with E-state index in [2.05, 4.69) is 26.1 Å². The molecule has 0 bridgehead atoms. The highest BCUT2D eigenvalue weighted by molar-refractivity contribution is 5.80. The van der Waals surface area contributed by atoms with Gasteiger partial charge < -0.3 is 9.47 Å². The molecule has 2 atom stereocenters. The Labute approximate surface area is 123 Å². The van der Waals surface area contributed by atoms with Crippen LogP contribution in [0, 0.1) is 5.92 Å². The molecule has 0 aromatic heterocycles. The quantitative estimate of drug-likeness (QED) is 0.495. The van der Waals surface area contributed by atoms with Gasteiger partial charge in [0, 0.05) is 12.6 Å². The first-order chi connectivity index (χ1) is 9.37. The molecular formula is C16H31NO3. The average molecular weight is 285 g/mol. The van der Waals surface area contributed by atoms with Gasteiger partial charge in [0.25, 0.3) is 0 Å². The maximum Gasteiger partial charge on any atom is 0.325 e. The van der Waals surface area contributed by atoms with Gasteiger partial charge in [0.2, 0.25) is 0 Å². The number of esters is 1. The molecule has 0 spiro atoms. The van der Waals surface area contributed by atoms with Crippen LogP contribution in [-0.2, 0) is 14.3 Å². The molecule has 0 aliphatic heterocycles. The summed E-state index contributed by atoms with van der Waals surface area (Å²) in [6.07, 6.45) is 5.31. The molecule has 1 rings (SSSR count). The number of hydrogen-bond acceptors (Lipinski definition) is 4. The molecule has 1 saturated carbocycles. The Morgan fingerprint density at radius 2 is 2.00 bits per heavy atom. The Balaban J connectivity index is 2.29. The van der Waals surface area contributed by atoms with Gasteiger partial charge in [0.05, 0.1) is 13.2 Å². The lowest BCUT2D eigenvalue weighted by Gasteiger charge is -2.28. The molecular weight excluding hydrogens is 254 g/mol. The van der Waals surface area contributed by atoms with Gasteiger partial charge in [0.15, 0.2) is 0 Å². The predicted octanol–water partition coefficient (Wildman–Crippen LogP) is 2.90. The van der Waals surface area contributed by atoms with Gasteiger partial charge in [-0.25, -0.2) is 0 Å². The fourth-order valence-electron chi connectivity index (χ4n) is 2.58. The van der Waals surface area contributed by atoms with Gasteiger partial charge >= 0.3 is 5.97 Å². The lowest BCUT2D eigenvalue weighted by molar-refractivity contribution is -0.148. The normalized spacial score (nSPS) is 19.7. The van der Waals surface area contributed by atoms with Crippen LogP contribution in [0.15, 0.2) is 0 Å². The third kappa shape index (κ3) is 6.23. The first-order valence-corrected chi connectivity index (χ1v) is 7.85. The van der Waals surface area contributed by atoms with E-state index in [1.807, 2.05) is 6.92 Å². The molecule has 4 nitrogen and oxygen atoms in total. The topological polar surface area (TPSA) is 47.6 Å². The summed E-state index contributed by atoms with van der Waals surface area (Å²) in [6, 6.07) is 0.486. The van der Waals surface area contributed by atoms with Crippen molar-refractivity contribution in [1.29, 1.82) is 0 Å². The molecule has 0 heterocycles. The minimum atomic E-state index is -0.569. The molecule has 0 aromatic rings. The average Bonchev–Trinajstić information content (AvgIpc) is 3.16. The molecule has 1 N–H and O–H groups in total. The summed E-state index contributed by atoms with van der Waals surface area (Å²) in [5, 5.41) is 3.41. The fourth-order valence-corrected chi connectivity index (χ4v) is 2.58. The lowest BCUT2D eigenvalue weighted by atomic mass is 9.95. The van der Waals surface area contributed by atoms with E-state index < -0.39 is 5.54 Å². The van der Waals surface area contributed by atoms with Crippen LogP contribution in [-0.4, -0.2) is 37.4 Å². The second-order valence-corrected chi connectivity index (χ2v) is 6.66. The van der Waals surface area contributed by atoms with Gasteiger partial charge in [-0.3, -0.25) is 10.1 Å². The van der Waals surface area contributed by atoms with Crippen molar-refractivity contribution in [3.63, 3.8) is 0 Å². The number of ether oxygens (including phenoxy) is 2. The Bertz CT molecular complexity index is 302. The van der Waals surface area contributed by atoms with Crippen LogP contribution in [0.5, 0.6) is 0 Å². The molecule has 118 valence electrons. The molecule has 1 aliphatic carbocycles. The first kappa shape index (κ1) is 17.4. The van der Waals surface area contributed by atoms with Crippen LogP contribution in [0.4, 0.5) is 0 Å². The highest BCUT2D eigenvalue weighted by atomic mass is 16.5. The largest absolute Gasteiger partial charge is 0.468 e. The minimum absolute atomic E-state index is 0.167. The van der Waals surface area contributed by atoms with Crippen LogP contribution in [0.3, 0.4) is 0 Å². The van der Waals surface area contributed by atoms with Gasteiger partial charge in [-0.05, 0) is 51.9 Å². The molecule has 0 radical (unpaired) electrons. The van der Waals surface area contributed by atoms with Gasteiger partial charge in [-0.15, -0.1) is 0 Å². The van der Waals surface area contributed by atoms with Crippen LogP contribution in [0.2, 0.25) is 0 Å². The van der Waals surface area contributed by atoms with Gasteiger partial charge in [-0.1, -0.05) is 13.8 Å². The van der Waals surface area contributed by atoms with E-state index in [1.165, 1.54) is 7.11 Å². The molecule has 1 aliphatic rings. The van der Waals surface area contributed by atoms with E-state index in [0.717, 1.165) is 32.1 Å². The molecule has 2 unspecified atom stereocenters. The van der Waals surface area contributed by atoms with Crippen molar-refractivity contribution < 1.29 is 14.3 Å². The summed E-state index contributed by atoms with van der Waals surface area (Å²) in [4.78, 5) is 11.9. The highest BCUT2D eigenvalue weighted by Crippen LogP contribution is 2.25. The van der Waals surface area contributed by atoms with Crippen molar-refractivity contribution >= 4 is 5.97 Å². The second kappa shape index (κ2) is 7.99. The number of carbonyl (C=O) groups excluding carboxylic acids is 1. The number of methoxy groups -OCH3 is 1. The molecule has 4 heteroatoms. The van der Waals surface area contributed by atoms with Crippen molar-refractivity contribution in [3.05, 3.63) is 0 Å². The zero-order valence-electron chi connectivity index (χ0n) is 13.7. The van der Waals surface area contributed by atoms with Crippen LogP contribution in [0.25, 0.3) is 0 Å². The summed E-state index contributed by atoms with van der Waals surface area (Å²) in [6.45, 7) is 9.16. The maximum absolute atomic E-state index is 11.9. The van der Waals surface area contributed by atoms with E-state index >= 15 is 0 Å². The lowest BCUT2D eigenvalue weighted by Crippen LogP contribution is -2.51. The van der Waals surface area contributed by atoms with Crippen molar-refractivity contribution in [1.82, 2.24) is 5.32 Å². The number of rotatable bonds is 10. The standard InChI is InChI=1S/C16H31NO3/c1-12(2)11-13(3)20-10-6-9-16(4,15(18)19-5)17-14-7-8-14/h12-14,17H,6-11H2,1-5H3. The summed E-state index contributed by atoms with van der Waals surface area (Å²) in [5.74, 6) is 0.487. The summed E-state index contributed by atoms with van der Waals surface area (Å²) in [5.41, 5.74) is -0.569. The number of hydrogen-bond donors (Lipinski definition) is 1. The third-order valence-electron chi connectivity index (χ3n) is 3.76. The summed E-state index contributed by atoms with van der Waals surface area (Å²) in [7, 11) is 1.45. The minimum Gasteiger partial charge on any atom is -0.468 e. The second-order valence-electron chi connectivity index (χ2n) is 6.66. The van der Waals surface area contributed by atoms with Crippen molar-refractivity contribution in [2.45, 2.75) is 77.5 Å². The smallest absolute Gasteiger partial charge is 0.325 e. The maximum atomic E-state index is 11.9. The molecule has 0 amide bonds. The first-order valence-electron chi connectivity index (χ1n) is 7.85. The van der Waals surface area contributed by atoms with Gasteiger partial charge in [-0.2, -0.15) is 0 Å². The monoisotopic (exact) mass is 285 g/mol. The summed E-state index contributed by atoms with van der Waals surface area (Å²) < 4.78 is 10.7. The van der Waals surface area contributed by atoms with Crippen LogP contribution in [0.1, 0.15) is 59.8 Å². The molecule has 20 heavy (non-hydrogen) atoms. The van der Waals surface area contributed by atoms with Crippen molar-refractivity contribution in [2.24, 2.45) is 5.92 Å². The van der Waals surface area contributed by atoms with Crippen molar-refractivity contribution in [2.75, 3.05) is 13.7 Å². The Kier molecular flexibility index (Phi) is 6.96. The molecule has 1 fully saturated rings. The number of nitrogens with one attached hydrogen (secondary N) is 1. The zero-order valence-corrected chi connectivity index (χ0v) is 13.7. The highest BCUT2D eigenvalue weighted by Gasteiger charge is 2.38. The van der Waals surface area contributed by atoms with Crippen molar-refractivity contribution in [3.8, 4) is 0 Å². The SMILES string of the molecule is COC(=O)C(C)(CCCOC(C)CC(C)C)NC1CC1. The fraction of sp³-hybridized carbons (Fsp3) is 0.938. The van der Waals surface area contributed by atoms with E-state index in [-0.39, 0.29) is 12.1 Å². The zero-order chi connectivity index (χ0) is 15.2. The molecule has 0 saturated heterocycles. The predicted molar refractivity (Wildman–Crippen MR) is 80.7 cm³/mol.